The van der Waals surface area contributed by atoms with E-state index >= 15 is 0 Å². The molecule has 0 saturated carbocycles. The van der Waals surface area contributed by atoms with Crippen LogP contribution in [0.4, 0.5) is 0 Å². The summed E-state index contributed by atoms with van der Waals surface area (Å²) in [5.74, 6) is 0.333. The van der Waals surface area contributed by atoms with Gasteiger partial charge in [0.05, 0.1) is 13.2 Å². The Morgan fingerprint density at radius 2 is 1.09 bits per heavy atom. The van der Waals surface area contributed by atoms with Crippen molar-refractivity contribution in [3.05, 3.63) is 59.7 Å². The van der Waals surface area contributed by atoms with E-state index in [-0.39, 0.29) is 24.7 Å². The van der Waals surface area contributed by atoms with Crippen LogP contribution >= 0.6 is 7.82 Å². The van der Waals surface area contributed by atoms with Crippen molar-refractivity contribution in [3.63, 3.8) is 0 Å². The smallest absolute Gasteiger partial charge is 0.472 e. The molecule has 0 aliphatic carbocycles. The molecular formula is C16H19O6P. The van der Waals surface area contributed by atoms with E-state index in [1.807, 2.05) is 0 Å². The highest BCUT2D eigenvalue weighted by molar-refractivity contribution is 7.47. The highest BCUT2D eigenvalue weighted by Crippen LogP contribution is 2.43. The second-order valence-corrected chi connectivity index (χ2v) is 6.42. The van der Waals surface area contributed by atoms with Crippen LogP contribution in [-0.2, 0) is 26.5 Å². The molecule has 3 N–H and O–H groups in total. The Labute approximate surface area is 134 Å². The van der Waals surface area contributed by atoms with Crippen molar-refractivity contribution >= 4 is 7.82 Å². The van der Waals surface area contributed by atoms with E-state index in [2.05, 4.69) is 0 Å². The number of hydrogen-bond donors (Lipinski definition) is 3. The molecular weight excluding hydrogens is 319 g/mol. The van der Waals surface area contributed by atoms with Crippen molar-refractivity contribution < 1.29 is 28.7 Å². The number of aromatic hydroxyl groups is 2. The van der Waals surface area contributed by atoms with Gasteiger partial charge in [-0.05, 0) is 48.2 Å². The van der Waals surface area contributed by atoms with Crippen LogP contribution in [0.1, 0.15) is 11.1 Å². The molecule has 0 saturated heterocycles. The van der Waals surface area contributed by atoms with Gasteiger partial charge < -0.3 is 15.1 Å². The van der Waals surface area contributed by atoms with Crippen LogP contribution in [0.2, 0.25) is 0 Å². The number of benzene rings is 2. The lowest BCUT2D eigenvalue weighted by Gasteiger charge is -2.12. The average molecular weight is 338 g/mol. The number of phenols is 2. The van der Waals surface area contributed by atoms with Crippen LogP contribution in [0.25, 0.3) is 0 Å². The maximum Gasteiger partial charge on any atom is 0.472 e. The minimum atomic E-state index is -4.08. The van der Waals surface area contributed by atoms with Gasteiger partial charge in [-0.3, -0.25) is 9.05 Å². The summed E-state index contributed by atoms with van der Waals surface area (Å²) in [4.78, 5) is 9.59. The molecule has 0 bridgehead atoms. The molecule has 23 heavy (non-hydrogen) atoms. The molecule has 0 aromatic heterocycles. The van der Waals surface area contributed by atoms with Crippen LogP contribution in [-0.4, -0.2) is 28.3 Å². The summed E-state index contributed by atoms with van der Waals surface area (Å²) in [6.45, 7) is 0.0789. The number of phosphoric ester groups is 1. The maximum absolute atomic E-state index is 11.7. The Morgan fingerprint density at radius 1 is 0.739 bits per heavy atom. The number of phenolic OH excluding ortho intramolecular Hbond substituents is 2. The predicted molar refractivity (Wildman–Crippen MR) is 85.4 cm³/mol. The zero-order valence-electron chi connectivity index (χ0n) is 12.5. The lowest BCUT2D eigenvalue weighted by Crippen LogP contribution is -2.02. The van der Waals surface area contributed by atoms with Gasteiger partial charge in [-0.25, -0.2) is 4.57 Å². The molecule has 0 unspecified atom stereocenters. The molecule has 0 aliphatic rings. The zero-order valence-corrected chi connectivity index (χ0v) is 13.4. The summed E-state index contributed by atoms with van der Waals surface area (Å²) >= 11 is 0. The van der Waals surface area contributed by atoms with Gasteiger partial charge in [-0.1, -0.05) is 24.3 Å². The highest BCUT2D eigenvalue weighted by atomic mass is 31.2. The van der Waals surface area contributed by atoms with Gasteiger partial charge >= 0.3 is 7.82 Å². The zero-order chi connectivity index (χ0) is 16.7. The lowest BCUT2D eigenvalue weighted by molar-refractivity contribution is 0.152. The molecule has 0 radical (unpaired) electrons. The fourth-order valence-electron chi connectivity index (χ4n) is 1.92. The minimum absolute atomic E-state index is 0.0394. The minimum Gasteiger partial charge on any atom is -0.508 e. The molecule has 0 atom stereocenters. The Hall–Kier alpha value is -1.85. The average Bonchev–Trinajstić information content (AvgIpc) is 2.51. The first-order valence-corrected chi connectivity index (χ1v) is 8.62. The number of hydrogen-bond acceptors (Lipinski definition) is 5. The maximum atomic E-state index is 11.7. The molecule has 2 aromatic rings. The number of phosphoric acid groups is 1. The standard InChI is InChI=1S/C16H19O6P/c17-15-5-1-13(2-6-15)9-11-21-23(19,20)22-12-10-14-3-7-16(18)8-4-14/h1-8,17-18H,9-12H2,(H,19,20). The highest BCUT2D eigenvalue weighted by Gasteiger charge is 2.20. The van der Waals surface area contributed by atoms with E-state index in [1.54, 1.807) is 48.5 Å². The first kappa shape index (κ1) is 17.5. The van der Waals surface area contributed by atoms with Gasteiger partial charge in [0, 0.05) is 0 Å². The van der Waals surface area contributed by atoms with Crippen molar-refractivity contribution in [3.8, 4) is 11.5 Å². The van der Waals surface area contributed by atoms with E-state index in [4.69, 9.17) is 19.3 Å². The Kier molecular flexibility index (Phi) is 6.19. The summed E-state index contributed by atoms with van der Waals surface area (Å²) in [6, 6.07) is 13.0. The molecule has 0 amide bonds. The fourth-order valence-corrected chi connectivity index (χ4v) is 2.64. The summed E-state index contributed by atoms with van der Waals surface area (Å²) in [6.07, 6.45) is 0.873. The third-order valence-corrected chi connectivity index (χ3v) is 4.18. The lowest BCUT2D eigenvalue weighted by atomic mass is 10.2. The van der Waals surface area contributed by atoms with Gasteiger partial charge in [0.2, 0.25) is 0 Å². The third-order valence-electron chi connectivity index (χ3n) is 3.16. The Balaban J connectivity index is 1.70. The SMILES string of the molecule is O=P(O)(OCCc1ccc(O)cc1)OCCc1ccc(O)cc1. The molecule has 2 rings (SSSR count). The van der Waals surface area contributed by atoms with Crippen LogP contribution in [0.3, 0.4) is 0 Å². The van der Waals surface area contributed by atoms with Crippen molar-refractivity contribution in [1.82, 2.24) is 0 Å². The van der Waals surface area contributed by atoms with Crippen molar-refractivity contribution in [1.29, 1.82) is 0 Å². The van der Waals surface area contributed by atoms with Crippen molar-refractivity contribution in [2.45, 2.75) is 12.8 Å². The van der Waals surface area contributed by atoms with Gasteiger partial charge in [0.1, 0.15) is 11.5 Å². The van der Waals surface area contributed by atoms with E-state index < -0.39 is 7.82 Å². The summed E-state index contributed by atoms with van der Waals surface area (Å²) < 4.78 is 21.5. The molecule has 124 valence electrons. The predicted octanol–water partition coefficient (Wildman–Crippen LogP) is 3.02. The molecule has 0 spiro atoms. The van der Waals surface area contributed by atoms with Crippen molar-refractivity contribution in [2.24, 2.45) is 0 Å². The van der Waals surface area contributed by atoms with E-state index in [0.717, 1.165) is 11.1 Å². The number of rotatable bonds is 8. The van der Waals surface area contributed by atoms with Gasteiger partial charge in [-0.15, -0.1) is 0 Å². The molecule has 6 nitrogen and oxygen atoms in total. The second-order valence-electron chi connectivity index (χ2n) is 4.97. The summed E-state index contributed by atoms with van der Waals surface area (Å²) in [5.41, 5.74) is 1.76. The van der Waals surface area contributed by atoms with Crippen molar-refractivity contribution in [2.75, 3.05) is 13.2 Å². The topological polar surface area (TPSA) is 96.2 Å². The fraction of sp³-hybridized carbons (Fsp3) is 0.250. The molecule has 7 heteroatoms. The molecule has 0 fully saturated rings. The quantitative estimate of drug-likeness (QED) is 0.640. The van der Waals surface area contributed by atoms with E-state index in [1.165, 1.54) is 0 Å². The van der Waals surface area contributed by atoms with Crippen LogP contribution in [0.5, 0.6) is 11.5 Å². The van der Waals surface area contributed by atoms with E-state index in [0.29, 0.717) is 12.8 Å². The van der Waals surface area contributed by atoms with Gasteiger partial charge in [0.15, 0.2) is 0 Å². The largest absolute Gasteiger partial charge is 0.508 e. The van der Waals surface area contributed by atoms with E-state index in [9.17, 15) is 9.46 Å². The molecule has 0 heterocycles. The third kappa shape index (κ3) is 6.42. The monoisotopic (exact) mass is 338 g/mol. The second kappa shape index (κ2) is 8.13. The molecule has 2 aromatic carbocycles. The summed E-state index contributed by atoms with van der Waals surface area (Å²) in [5, 5.41) is 18.3. The van der Waals surface area contributed by atoms with Gasteiger partial charge in [-0.2, -0.15) is 0 Å². The van der Waals surface area contributed by atoms with Crippen LogP contribution in [0.15, 0.2) is 48.5 Å². The first-order valence-electron chi connectivity index (χ1n) is 7.12. The molecule has 0 aliphatic heterocycles. The normalized spacial score (nSPS) is 11.5. The Morgan fingerprint density at radius 3 is 1.43 bits per heavy atom. The first-order chi connectivity index (χ1) is 10.9. The Bertz CT molecular complexity index is 598. The van der Waals surface area contributed by atoms with Crippen LogP contribution < -0.4 is 0 Å². The summed E-state index contributed by atoms with van der Waals surface area (Å²) in [7, 11) is -4.08. The van der Waals surface area contributed by atoms with Crippen LogP contribution in [0, 0.1) is 0 Å². The van der Waals surface area contributed by atoms with Gasteiger partial charge in [0.25, 0.3) is 0 Å².